The number of hydrogen-bond acceptors (Lipinski definition) is 2. The van der Waals surface area contributed by atoms with Gasteiger partial charge in [-0.2, -0.15) is 0 Å². The lowest BCUT2D eigenvalue weighted by Gasteiger charge is -2.26. The number of aliphatic hydroxyl groups is 1. The van der Waals surface area contributed by atoms with Gasteiger partial charge in [-0.1, -0.05) is 30.3 Å². The molecule has 2 nitrogen and oxygen atoms in total. The Kier molecular flexibility index (Phi) is 3.17. The van der Waals surface area contributed by atoms with Crippen LogP contribution in [0.15, 0.2) is 30.3 Å². The third-order valence-electron chi connectivity index (χ3n) is 2.63. The van der Waals surface area contributed by atoms with E-state index in [0.29, 0.717) is 0 Å². The van der Waals surface area contributed by atoms with Crippen molar-refractivity contribution in [2.45, 2.75) is 38.1 Å². The van der Waals surface area contributed by atoms with Crippen LogP contribution in [0.25, 0.3) is 0 Å². The second-order valence-electron chi connectivity index (χ2n) is 3.83. The van der Waals surface area contributed by atoms with Gasteiger partial charge in [0, 0.05) is 0 Å². The fraction of sp³-hybridized carbons (Fsp3) is 0.500. The average Bonchev–Trinajstić information content (AvgIpc) is 2.19. The van der Waals surface area contributed by atoms with Crippen LogP contribution in [0.2, 0.25) is 0 Å². The van der Waals surface area contributed by atoms with Crippen molar-refractivity contribution in [1.82, 2.24) is 0 Å². The van der Waals surface area contributed by atoms with E-state index in [-0.39, 0.29) is 6.10 Å². The van der Waals surface area contributed by atoms with E-state index >= 15 is 0 Å². The smallest absolute Gasteiger partial charge is 0.154 e. The predicted octanol–water partition coefficient (Wildman–Crippen LogP) is 2.12. The molecule has 0 bridgehead atoms. The zero-order chi connectivity index (χ0) is 9.80. The number of hydrogen-bond donors (Lipinski definition) is 1. The molecule has 0 spiro atoms. The van der Waals surface area contributed by atoms with Crippen molar-refractivity contribution in [1.29, 1.82) is 0 Å². The second kappa shape index (κ2) is 4.58. The number of benzene rings is 1. The first-order valence-electron chi connectivity index (χ1n) is 5.22. The minimum absolute atomic E-state index is 0.196. The van der Waals surface area contributed by atoms with Crippen molar-refractivity contribution in [3.8, 4) is 0 Å². The molecule has 2 atom stereocenters. The van der Waals surface area contributed by atoms with Crippen LogP contribution in [0.3, 0.4) is 0 Å². The maximum Gasteiger partial charge on any atom is 0.154 e. The van der Waals surface area contributed by atoms with Crippen LogP contribution in [0, 0.1) is 0 Å². The van der Waals surface area contributed by atoms with Crippen molar-refractivity contribution in [3.05, 3.63) is 35.9 Å². The summed E-state index contributed by atoms with van der Waals surface area (Å²) in [6.45, 7) is 0. The van der Waals surface area contributed by atoms with Crippen molar-refractivity contribution < 1.29 is 9.84 Å². The highest BCUT2D eigenvalue weighted by molar-refractivity contribution is 5.15. The Hall–Kier alpha value is -0.860. The standard InChI is InChI=1S/C12H16O2/c13-12-8-4-7-11(14-12)9-10-5-2-1-3-6-10/h1-3,5-6,11-13H,4,7-9H2. The number of ether oxygens (including phenoxy) is 1. The van der Waals surface area contributed by atoms with Gasteiger partial charge in [0.15, 0.2) is 6.29 Å². The Morgan fingerprint density at radius 1 is 1.21 bits per heavy atom. The SMILES string of the molecule is OC1CCCC(Cc2ccccc2)O1. The van der Waals surface area contributed by atoms with Gasteiger partial charge >= 0.3 is 0 Å². The Morgan fingerprint density at radius 2 is 2.00 bits per heavy atom. The summed E-state index contributed by atoms with van der Waals surface area (Å²) in [6.07, 6.45) is 3.48. The van der Waals surface area contributed by atoms with Gasteiger partial charge in [0.05, 0.1) is 6.10 Å². The zero-order valence-electron chi connectivity index (χ0n) is 8.23. The molecule has 2 unspecified atom stereocenters. The van der Waals surface area contributed by atoms with Crippen LogP contribution < -0.4 is 0 Å². The van der Waals surface area contributed by atoms with Gasteiger partial charge in [-0.25, -0.2) is 0 Å². The first-order chi connectivity index (χ1) is 6.84. The van der Waals surface area contributed by atoms with E-state index in [1.807, 2.05) is 18.2 Å². The molecule has 1 aliphatic rings. The van der Waals surface area contributed by atoms with Crippen molar-refractivity contribution in [2.75, 3.05) is 0 Å². The zero-order valence-corrected chi connectivity index (χ0v) is 8.23. The van der Waals surface area contributed by atoms with E-state index in [2.05, 4.69) is 12.1 Å². The molecule has 0 saturated carbocycles. The van der Waals surface area contributed by atoms with Gasteiger partial charge in [-0.05, 0) is 31.2 Å². The summed E-state index contributed by atoms with van der Waals surface area (Å²) in [4.78, 5) is 0. The van der Waals surface area contributed by atoms with E-state index in [0.717, 1.165) is 25.7 Å². The summed E-state index contributed by atoms with van der Waals surface area (Å²) in [7, 11) is 0. The molecule has 1 N–H and O–H groups in total. The lowest BCUT2D eigenvalue weighted by molar-refractivity contribution is -0.161. The maximum atomic E-state index is 9.34. The average molecular weight is 192 g/mol. The lowest BCUT2D eigenvalue weighted by Crippen LogP contribution is -2.28. The molecule has 1 aromatic carbocycles. The van der Waals surface area contributed by atoms with Gasteiger partial charge in [0.25, 0.3) is 0 Å². The van der Waals surface area contributed by atoms with Crippen LogP contribution in [0.1, 0.15) is 24.8 Å². The maximum absolute atomic E-state index is 9.34. The summed E-state index contributed by atoms with van der Waals surface area (Å²) in [5.41, 5.74) is 1.28. The van der Waals surface area contributed by atoms with E-state index in [1.165, 1.54) is 5.56 Å². The van der Waals surface area contributed by atoms with E-state index in [1.54, 1.807) is 0 Å². The molecule has 1 aliphatic heterocycles. The molecule has 1 heterocycles. The van der Waals surface area contributed by atoms with Gasteiger partial charge in [0.2, 0.25) is 0 Å². The molecule has 0 aromatic heterocycles. The summed E-state index contributed by atoms with van der Waals surface area (Å²) < 4.78 is 5.45. The highest BCUT2D eigenvalue weighted by Crippen LogP contribution is 2.20. The molecule has 1 fully saturated rings. The van der Waals surface area contributed by atoms with Crippen molar-refractivity contribution in [2.24, 2.45) is 0 Å². The fourth-order valence-corrected chi connectivity index (χ4v) is 1.91. The topological polar surface area (TPSA) is 29.5 Å². The molecular formula is C12H16O2. The lowest BCUT2D eigenvalue weighted by atomic mass is 10.0. The summed E-state index contributed by atoms with van der Waals surface area (Å²) in [6, 6.07) is 10.3. The van der Waals surface area contributed by atoms with Crippen LogP contribution in [-0.2, 0) is 11.2 Å². The van der Waals surface area contributed by atoms with Crippen LogP contribution >= 0.6 is 0 Å². The predicted molar refractivity (Wildman–Crippen MR) is 54.9 cm³/mol. The molecule has 76 valence electrons. The van der Waals surface area contributed by atoms with E-state index in [9.17, 15) is 5.11 Å². The van der Waals surface area contributed by atoms with Gasteiger partial charge in [0.1, 0.15) is 0 Å². The molecular weight excluding hydrogens is 176 g/mol. The minimum atomic E-state index is -0.544. The van der Waals surface area contributed by atoms with Gasteiger partial charge in [-0.3, -0.25) is 0 Å². The first kappa shape index (κ1) is 9.69. The first-order valence-corrected chi connectivity index (χ1v) is 5.22. The van der Waals surface area contributed by atoms with Gasteiger partial charge < -0.3 is 9.84 Å². The van der Waals surface area contributed by atoms with Crippen molar-refractivity contribution in [3.63, 3.8) is 0 Å². The molecule has 2 rings (SSSR count). The normalized spacial score (nSPS) is 27.5. The van der Waals surface area contributed by atoms with E-state index < -0.39 is 6.29 Å². The van der Waals surface area contributed by atoms with Crippen LogP contribution in [-0.4, -0.2) is 17.5 Å². The van der Waals surface area contributed by atoms with Gasteiger partial charge in [-0.15, -0.1) is 0 Å². The highest BCUT2D eigenvalue weighted by atomic mass is 16.6. The molecule has 14 heavy (non-hydrogen) atoms. The number of rotatable bonds is 2. The monoisotopic (exact) mass is 192 g/mol. The number of aliphatic hydroxyl groups excluding tert-OH is 1. The van der Waals surface area contributed by atoms with E-state index in [4.69, 9.17) is 4.74 Å². The molecule has 1 aromatic rings. The Morgan fingerprint density at radius 3 is 2.71 bits per heavy atom. The summed E-state index contributed by atoms with van der Waals surface area (Å²) >= 11 is 0. The Bertz CT molecular complexity index is 271. The molecule has 1 saturated heterocycles. The summed E-state index contributed by atoms with van der Waals surface area (Å²) in [5, 5.41) is 9.34. The second-order valence-corrected chi connectivity index (χ2v) is 3.83. The minimum Gasteiger partial charge on any atom is -0.368 e. The fourth-order valence-electron chi connectivity index (χ4n) is 1.91. The van der Waals surface area contributed by atoms with Crippen LogP contribution in [0.5, 0.6) is 0 Å². The Labute approximate surface area is 84.5 Å². The van der Waals surface area contributed by atoms with Crippen molar-refractivity contribution >= 4 is 0 Å². The molecule has 0 amide bonds. The molecule has 2 heteroatoms. The quantitative estimate of drug-likeness (QED) is 0.777. The summed E-state index contributed by atoms with van der Waals surface area (Å²) in [5.74, 6) is 0. The largest absolute Gasteiger partial charge is 0.368 e. The third-order valence-corrected chi connectivity index (χ3v) is 2.63. The van der Waals surface area contributed by atoms with Crippen LogP contribution in [0.4, 0.5) is 0 Å². The molecule has 0 aliphatic carbocycles. The highest BCUT2D eigenvalue weighted by Gasteiger charge is 2.20. The Balaban J connectivity index is 1.91. The third kappa shape index (κ3) is 2.56. The molecule has 0 radical (unpaired) electrons.